The molecule has 1 saturated carbocycles. The van der Waals surface area contributed by atoms with Crippen LogP contribution in [0.5, 0.6) is 5.75 Å². The maximum atomic E-state index is 5.36. The smallest absolute Gasteiger partial charge is 0.148 e. The topological polar surface area (TPSA) is 9.23 Å². The predicted octanol–water partition coefficient (Wildman–Crippen LogP) is 3.75. The van der Waals surface area contributed by atoms with Crippen molar-refractivity contribution >= 4 is 0 Å². The Morgan fingerprint density at radius 1 is 1.12 bits per heavy atom. The molecule has 1 fully saturated rings. The lowest BCUT2D eigenvalue weighted by Crippen LogP contribution is -2.04. The molecule has 1 aromatic rings. The lowest BCUT2D eigenvalue weighted by atomic mass is 9.84. The Hall–Kier alpha value is -1.42. The van der Waals surface area contributed by atoms with Gasteiger partial charge in [-0.2, -0.15) is 0 Å². The van der Waals surface area contributed by atoms with Crippen LogP contribution in [0.15, 0.2) is 24.3 Å². The Morgan fingerprint density at radius 2 is 1.81 bits per heavy atom. The van der Waals surface area contributed by atoms with Crippen molar-refractivity contribution in [3.05, 3.63) is 29.8 Å². The van der Waals surface area contributed by atoms with Crippen LogP contribution in [0.3, 0.4) is 0 Å². The number of rotatable bonds is 3. The molecule has 0 amide bonds. The number of terminal acetylenes is 1. The van der Waals surface area contributed by atoms with Crippen LogP contribution in [0.1, 0.15) is 43.6 Å². The van der Waals surface area contributed by atoms with E-state index in [0.717, 1.165) is 11.7 Å². The molecule has 1 aliphatic carbocycles. The summed E-state index contributed by atoms with van der Waals surface area (Å²) in [4.78, 5) is 0. The van der Waals surface area contributed by atoms with Crippen molar-refractivity contribution in [1.29, 1.82) is 0 Å². The minimum Gasteiger partial charge on any atom is -0.481 e. The van der Waals surface area contributed by atoms with E-state index in [1.54, 1.807) is 0 Å². The molecule has 1 nitrogen and oxygen atoms in total. The zero-order valence-corrected chi connectivity index (χ0v) is 9.61. The Balaban J connectivity index is 1.98. The van der Waals surface area contributed by atoms with Crippen LogP contribution in [0, 0.1) is 12.3 Å². The number of hydrogen-bond donors (Lipinski definition) is 0. The molecule has 2 rings (SSSR count). The lowest BCUT2D eigenvalue weighted by molar-refractivity contribution is 0.370. The van der Waals surface area contributed by atoms with Crippen LogP contribution < -0.4 is 4.74 Å². The maximum Gasteiger partial charge on any atom is 0.148 e. The van der Waals surface area contributed by atoms with Crippen LogP contribution >= 0.6 is 0 Å². The molecule has 0 bridgehead atoms. The minimum atomic E-state index is 0.350. The first-order chi connectivity index (χ1) is 7.90. The molecular formula is C15H18O. The van der Waals surface area contributed by atoms with E-state index < -0.39 is 0 Å². The monoisotopic (exact) mass is 214 g/mol. The molecule has 1 aromatic carbocycles. The van der Waals surface area contributed by atoms with Crippen molar-refractivity contribution < 1.29 is 4.74 Å². The van der Waals surface area contributed by atoms with Gasteiger partial charge in [0.2, 0.25) is 0 Å². The molecule has 1 heteroatoms. The second-order valence-corrected chi connectivity index (χ2v) is 4.40. The molecular weight excluding hydrogens is 196 g/mol. The Bertz CT molecular complexity index is 352. The summed E-state index contributed by atoms with van der Waals surface area (Å²) in [6, 6.07) is 8.42. The Morgan fingerprint density at radius 3 is 2.44 bits per heavy atom. The average molecular weight is 214 g/mol. The second kappa shape index (κ2) is 5.61. The van der Waals surface area contributed by atoms with Gasteiger partial charge in [-0.1, -0.05) is 37.3 Å². The van der Waals surface area contributed by atoms with Gasteiger partial charge in [0.05, 0.1) is 0 Å². The molecule has 0 atom stereocenters. The zero-order chi connectivity index (χ0) is 11.2. The fraction of sp³-hybridized carbons (Fsp3) is 0.467. The molecule has 0 spiro atoms. The summed E-state index contributed by atoms with van der Waals surface area (Å²) in [5.74, 6) is 4.10. The van der Waals surface area contributed by atoms with Gasteiger partial charge < -0.3 is 4.74 Å². The zero-order valence-electron chi connectivity index (χ0n) is 9.61. The van der Waals surface area contributed by atoms with Crippen LogP contribution in [-0.4, -0.2) is 6.61 Å². The molecule has 0 heterocycles. The van der Waals surface area contributed by atoms with E-state index in [9.17, 15) is 0 Å². The normalized spacial score (nSPS) is 16.7. The van der Waals surface area contributed by atoms with Gasteiger partial charge in [-0.15, -0.1) is 6.42 Å². The van der Waals surface area contributed by atoms with E-state index in [1.165, 1.54) is 37.7 Å². The summed E-state index contributed by atoms with van der Waals surface area (Å²) in [6.07, 6.45) is 12.0. The van der Waals surface area contributed by atoms with E-state index >= 15 is 0 Å². The summed E-state index contributed by atoms with van der Waals surface area (Å²) in [5.41, 5.74) is 1.45. The van der Waals surface area contributed by atoms with E-state index in [0.29, 0.717) is 6.61 Å². The van der Waals surface area contributed by atoms with Gasteiger partial charge >= 0.3 is 0 Å². The van der Waals surface area contributed by atoms with Crippen LogP contribution in [-0.2, 0) is 0 Å². The molecule has 16 heavy (non-hydrogen) atoms. The van der Waals surface area contributed by atoms with E-state index in [4.69, 9.17) is 11.2 Å². The third-order valence-corrected chi connectivity index (χ3v) is 3.28. The second-order valence-electron chi connectivity index (χ2n) is 4.40. The standard InChI is InChI=1S/C15H18O/c1-2-12-16-15-10-8-14(9-11-15)13-6-4-3-5-7-13/h1,8-11,13H,3-7,12H2. The van der Waals surface area contributed by atoms with Gasteiger partial charge in [-0.05, 0) is 36.5 Å². The largest absolute Gasteiger partial charge is 0.481 e. The van der Waals surface area contributed by atoms with Crippen molar-refractivity contribution in [3.8, 4) is 18.1 Å². The third kappa shape index (κ3) is 2.79. The van der Waals surface area contributed by atoms with Crippen molar-refractivity contribution in [1.82, 2.24) is 0 Å². The first kappa shape index (κ1) is 11.1. The van der Waals surface area contributed by atoms with Gasteiger partial charge in [0.15, 0.2) is 0 Å². The van der Waals surface area contributed by atoms with Crippen LogP contribution in [0.25, 0.3) is 0 Å². The molecule has 0 unspecified atom stereocenters. The highest BCUT2D eigenvalue weighted by atomic mass is 16.5. The highest BCUT2D eigenvalue weighted by Gasteiger charge is 2.14. The Labute approximate surface area is 97.8 Å². The average Bonchev–Trinajstić information content (AvgIpc) is 2.38. The van der Waals surface area contributed by atoms with E-state index in [-0.39, 0.29) is 0 Å². The Kier molecular flexibility index (Phi) is 3.88. The van der Waals surface area contributed by atoms with Gasteiger partial charge in [-0.3, -0.25) is 0 Å². The third-order valence-electron chi connectivity index (χ3n) is 3.28. The van der Waals surface area contributed by atoms with Crippen molar-refractivity contribution in [2.24, 2.45) is 0 Å². The van der Waals surface area contributed by atoms with E-state index in [2.05, 4.69) is 18.1 Å². The van der Waals surface area contributed by atoms with Crippen molar-refractivity contribution in [3.63, 3.8) is 0 Å². The summed E-state index contributed by atoms with van der Waals surface area (Å²) in [7, 11) is 0. The highest BCUT2D eigenvalue weighted by molar-refractivity contribution is 5.29. The van der Waals surface area contributed by atoms with Crippen molar-refractivity contribution in [2.75, 3.05) is 6.61 Å². The summed E-state index contributed by atoms with van der Waals surface area (Å²) < 4.78 is 5.36. The van der Waals surface area contributed by atoms with Crippen LogP contribution in [0.4, 0.5) is 0 Å². The number of benzene rings is 1. The maximum absolute atomic E-state index is 5.36. The first-order valence-corrected chi connectivity index (χ1v) is 6.06. The van der Waals surface area contributed by atoms with E-state index in [1.807, 2.05) is 12.1 Å². The van der Waals surface area contributed by atoms with Gasteiger partial charge in [0.25, 0.3) is 0 Å². The fourth-order valence-corrected chi connectivity index (χ4v) is 2.40. The van der Waals surface area contributed by atoms with Crippen molar-refractivity contribution in [2.45, 2.75) is 38.0 Å². The molecule has 84 valence electrons. The molecule has 0 aromatic heterocycles. The highest BCUT2D eigenvalue weighted by Crippen LogP contribution is 2.33. The number of ether oxygens (including phenoxy) is 1. The van der Waals surface area contributed by atoms with Gasteiger partial charge in [0.1, 0.15) is 12.4 Å². The summed E-state index contributed by atoms with van der Waals surface area (Å²) in [6.45, 7) is 0.350. The molecule has 0 N–H and O–H groups in total. The predicted molar refractivity (Wildman–Crippen MR) is 66.6 cm³/mol. The summed E-state index contributed by atoms with van der Waals surface area (Å²) >= 11 is 0. The van der Waals surface area contributed by atoms with Gasteiger partial charge in [0, 0.05) is 0 Å². The molecule has 0 saturated heterocycles. The molecule has 1 aliphatic rings. The lowest BCUT2D eigenvalue weighted by Gasteiger charge is -2.22. The summed E-state index contributed by atoms with van der Waals surface area (Å²) in [5, 5.41) is 0. The SMILES string of the molecule is C#CCOc1ccc(C2CCCCC2)cc1. The quantitative estimate of drug-likeness (QED) is 0.696. The first-order valence-electron chi connectivity index (χ1n) is 6.06. The number of hydrogen-bond acceptors (Lipinski definition) is 1. The molecule has 0 radical (unpaired) electrons. The minimum absolute atomic E-state index is 0.350. The van der Waals surface area contributed by atoms with Crippen LogP contribution in [0.2, 0.25) is 0 Å². The molecule has 0 aliphatic heterocycles. The van der Waals surface area contributed by atoms with Gasteiger partial charge in [-0.25, -0.2) is 0 Å². The fourth-order valence-electron chi connectivity index (χ4n) is 2.40.